The number of amides is 1. The summed E-state index contributed by atoms with van der Waals surface area (Å²) in [4.78, 5) is 13.1. The van der Waals surface area contributed by atoms with Gasteiger partial charge in [0.2, 0.25) is 15.9 Å². The van der Waals surface area contributed by atoms with Crippen molar-refractivity contribution in [2.75, 3.05) is 13.2 Å². The number of hydrogen-bond donors (Lipinski definition) is 2. The van der Waals surface area contributed by atoms with E-state index in [0.717, 1.165) is 21.9 Å². The van der Waals surface area contributed by atoms with Crippen molar-refractivity contribution in [3.8, 4) is 0 Å². The second-order valence-corrected chi connectivity index (χ2v) is 9.31. The lowest BCUT2D eigenvalue weighted by atomic mass is 9.95. The topological polar surface area (TPSA) is 86.7 Å². The lowest BCUT2D eigenvalue weighted by Gasteiger charge is -2.35. The molecule has 1 aliphatic rings. The summed E-state index contributed by atoms with van der Waals surface area (Å²) in [6.07, 6.45) is 0.737. The molecule has 1 amide bonds. The molecule has 3 aromatic carbocycles. The van der Waals surface area contributed by atoms with Gasteiger partial charge in [0.1, 0.15) is 6.04 Å². The van der Waals surface area contributed by atoms with Crippen LogP contribution in [0.25, 0.3) is 10.8 Å². The van der Waals surface area contributed by atoms with Crippen molar-refractivity contribution in [3.05, 3.63) is 77.9 Å². The molecule has 1 aliphatic heterocycles. The molecule has 30 heavy (non-hydrogen) atoms. The molecule has 156 valence electrons. The van der Waals surface area contributed by atoms with Gasteiger partial charge < -0.3 is 10.4 Å². The molecule has 4 rings (SSSR count). The molecule has 1 heterocycles. The second kappa shape index (κ2) is 8.55. The van der Waals surface area contributed by atoms with E-state index in [2.05, 4.69) is 5.32 Å². The van der Waals surface area contributed by atoms with Gasteiger partial charge in [0.05, 0.1) is 4.90 Å². The van der Waals surface area contributed by atoms with Gasteiger partial charge in [0.25, 0.3) is 0 Å². The van der Waals surface area contributed by atoms with E-state index in [0.29, 0.717) is 19.4 Å². The third kappa shape index (κ3) is 3.96. The number of sulfonamides is 1. The first-order chi connectivity index (χ1) is 14.5. The molecule has 0 saturated heterocycles. The standard InChI is InChI=1S/C23H24N2O4S/c26-13-5-12-24-23(27)22-15-19-8-3-4-9-20(19)16-25(22)30(28,29)21-11-10-17-6-1-2-7-18(17)14-21/h1-4,6-11,14,22,26H,5,12-13,15-16H2,(H,24,27). The molecule has 0 radical (unpaired) electrons. The number of aliphatic hydroxyl groups is 1. The lowest BCUT2D eigenvalue weighted by molar-refractivity contribution is -0.125. The molecular weight excluding hydrogens is 400 g/mol. The Balaban J connectivity index is 1.72. The molecule has 0 aromatic heterocycles. The SMILES string of the molecule is O=C(NCCCO)C1Cc2ccccc2CN1S(=O)(=O)c1ccc2ccccc2c1. The number of carbonyl (C=O) groups is 1. The van der Waals surface area contributed by atoms with Gasteiger partial charge in [-0.1, -0.05) is 54.6 Å². The number of aliphatic hydroxyl groups excluding tert-OH is 1. The highest BCUT2D eigenvalue weighted by atomic mass is 32.2. The molecule has 1 atom stereocenters. The van der Waals surface area contributed by atoms with Gasteiger partial charge in [-0.2, -0.15) is 4.31 Å². The van der Waals surface area contributed by atoms with Crippen LogP contribution in [-0.2, 0) is 27.8 Å². The summed E-state index contributed by atoms with van der Waals surface area (Å²) in [6, 6.07) is 19.4. The second-order valence-electron chi connectivity index (χ2n) is 7.42. The van der Waals surface area contributed by atoms with E-state index in [1.165, 1.54) is 4.31 Å². The maximum absolute atomic E-state index is 13.6. The summed E-state index contributed by atoms with van der Waals surface area (Å²) >= 11 is 0. The molecule has 6 nitrogen and oxygen atoms in total. The van der Waals surface area contributed by atoms with Crippen LogP contribution in [0.2, 0.25) is 0 Å². The highest BCUT2D eigenvalue weighted by molar-refractivity contribution is 7.89. The van der Waals surface area contributed by atoms with Crippen molar-refractivity contribution < 1.29 is 18.3 Å². The number of fused-ring (bicyclic) bond motifs is 2. The van der Waals surface area contributed by atoms with E-state index in [-0.39, 0.29) is 24.0 Å². The minimum atomic E-state index is -3.90. The summed E-state index contributed by atoms with van der Waals surface area (Å²) in [7, 11) is -3.90. The van der Waals surface area contributed by atoms with Crippen molar-refractivity contribution in [1.82, 2.24) is 9.62 Å². The average molecular weight is 425 g/mol. The first kappa shape index (κ1) is 20.5. The van der Waals surface area contributed by atoms with Gasteiger partial charge in [-0.3, -0.25) is 4.79 Å². The van der Waals surface area contributed by atoms with Gasteiger partial charge in [0, 0.05) is 19.7 Å². The number of hydrogen-bond acceptors (Lipinski definition) is 4. The van der Waals surface area contributed by atoms with Gasteiger partial charge in [-0.05, 0) is 46.9 Å². The van der Waals surface area contributed by atoms with Crippen molar-refractivity contribution in [2.24, 2.45) is 0 Å². The minimum Gasteiger partial charge on any atom is -0.396 e. The zero-order chi connectivity index (χ0) is 21.1. The molecule has 0 bridgehead atoms. The van der Waals surface area contributed by atoms with Crippen molar-refractivity contribution in [2.45, 2.75) is 30.3 Å². The van der Waals surface area contributed by atoms with Crippen LogP contribution in [0, 0.1) is 0 Å². The molecule has 1 unspecified atom stereocenters. The zero-order valence-electron chi connectivity index (χ0n) is 16.5. The molecule has 0 aliphatic carbocycles. The average Bonchev–Trinajstić information content (AvgIpc) is 2.78. The quantitative estimate of drug-likeness (QED) is 0.595. The molecule has 2 N–H and O–H groups in total. The van der Waals surface area contributed by atoms with Crippen LogP contribution in [0.15, 0.2) is 71.6 Å². The monoisotopic (exact) mass is 424 g/mol. The van der Waals surface area contributed by atoms with Crippen LogP contribution in [0.4, 0.5) is 0 Å². The maximum Gasteiger partial charge on any atom is 0.244 e. The summed E-state index contributed by atoms with van der Waals surface area (Å²) in [6.45, 7) is 0.410. The van der Waals surface area contributed by atoms with Crippen LogP contribution in [0.1, 0.15) is 17.5 Å². The van der Waals surface area contributed by atoms with Gasteiger partial charge in [0.15, 0.2) is 0 Å². The van der Waals surface area contributed by atoms with Crippen molar-refractivity contribution >= 4 is 26.7 Å². The van der Waals surface area contributed by atoms with E-state index >= 15 is 0 Å². The van der Waals surface area contributed by atoms with Crippen LogP contribution in [0.3, 0.4) is 0 Å². The Kier molecular flexibility index (Phi) is 5.85. The smallest absolute Gasteiger partial charge is 0.244 e. The summed E-state index contributed by atoms with van der Waals surface area (Å²) in [5.41, 5.74) is 1.88. The number of nitrogens with zero attached hydrogens (tertiary/aromatic N) is 1. The Labute approximate surface area is 176 Å². The fourth-order valence-electron chi connectivity index (χ4n) is 3.85. The van der Waals surface area contributed by atoms with Crippen LogP contribution in [0.5, 0.6) is 0 Å². The lowest BCUT2D eigenvalue weighted by Crippen LogP contribution is -2.52. The van der Waals surface area contributed by atoms with Crippen LogP contribution < -0.4 is 5.32 Å². The Morgan fingerprint density at radius 1 is 1.00 bits per heavy atom. The first-order valence-corrected chi connectivity index (χ1v) is 11.4. The predicted octanol–water partition coefficient (Wildman–Crippen LogP) is 2.45. The number of nitrogens with one attached hydrogen (secondary N) is 1. The van der Waals surface area contributed by atoms with Crippen molar-refractivity contribution in [1.29, 1.82) is 0 Å². The predicted molar refractivity (Wildman–Crippen MR) is 115 cm³/mol. The molecule has 0 saturated carbocycles. The van der Waals surface area contributed by atoms with E-state index in [9.17, 15) is 13.2 Å². The first-order valence-electron chi connectivity index (χ1n) is 9.97. The van der Waals surface area contributed by atoms with Gasteiger partial charge in [-0.15, -0.1) is 0 Å². The fraction of sp³-hybridized carbons (Fsp3) is 0.261. The molecular formula is C23H24N2O4S. The van der Waals surface area contributed by atoms with Crippen LogP contribution >= 0.6 is 0 Å². The van der Waals surface area contributed by atoms with E-state index in [1.54, 1.807) is 18.2 Å². The van der Waals surface area contributed by atoms with Gasteiger partial charge in [-0.25, -0.2) is 8.42 Å². The summed E-state index contributed by atoms with van der Waals surface area (Å²) in [5.74, 6) is -0.345. The largest absolute Gasteiger partial charge is 0.396 e. The van der Waals surface area contributed by atoms with E-state index in [4.69, 9.17) is 5.11 Å². The number of carbonyl (C=O) groups excluding carboxylic acids is 1. The van der Waals surface area contributed by atoms with E-state index < -0.39 is 16.1 Å². The molecule has 7 heteroatoms. The normalized spacial score (nSPS) is 16.9. The molecule has 0 spiro atoms. The molecule has 3 aromatic rings. The zero-order valence-corrected chi connectivity index (χ0v) is 17.3. The minimum absolute atomic E-state index is 0.0348. The maximum atomic E-state index is 13.6. The Morgan fingerprint density at radius 2 is 1.70 bits per heavy atom. The molecule has 0 fully saturated rings. The highest BCUT2D eigenvalue weighted by Gasteiger charge is 2.39. The third-order valence-corrected chi connectivity index (χ3v) is 7.32. The Bertz CT molecular complexity index is 1180. The Morgan fingerprint density at radius 3 is 2.47 bits per heavy atom. The third-order valence-electron chi connectivity index (χ3n) is 5.47. The number of benzene rings is 3. The highest BCUT2D eigenvalue weighted by Crippen LogP contribution is 2.30. The summed E-state index contributed by atoms with van der Waals surface area (Å²) < 4.78 is 28.5. The van der Waals surface area contributed by atoms with E-state index in [1.807, 2.05) is 48.5 Å². The van der Waals surface area contributed by atoms with Crippen molar-refractivity contribution in [3.63, 3.8) is 0 Å². The number of rotatable bonds is 6. The van der Waals surface area contributed by atoms with Crippen LogP contribution in [-0.4, -0.2) is 42.9 Å². The summed E-state index contributed by atoms with van der Waals surface area (Å²) in [5, 5.41) is 13.5. The van der Waals surface area contributed by atoms with Gasteiger partial charge >= 0.3 is 0 Å². The Hall–Kier alpha value is -2.74. The fourth-order valence-corrected chi connectivity index (χ4v) is 5.45.